The van der Waals surface area contributed by atoms with Crippen molar-refractivity contribution in [2.24, 2.45) is 0 Å². The second kappa shape index (κ2) is 5.44. The zero-order valence-corrected chi connectivity index (χ0v) is 9.99. The Kier molecular flexibility index (Phi) is 3.91. The van der Waals surface area contributed by atoms with Gasteiger partial charge in [0.1, 0.15) is 11.9 Å². The molecule has 98 valence electrons. The lowest BCUT2D eigenvalue weighted by Crippen LogP contribution is -2.52. The Labute approximate surface area is 104 Å². The molecule has 0 aliphatic heterocycles. The van der Waals surface area contributed by atoms with Crippen LogP contribution in [0, 0.1) is 11.6 Å². The lowest BCUT2D eigenvalue weighted by molar-refractivity contribution is -0.155. The smallest absolute Gasteiger partial charge is 0.169 e. The highest BCUT2D eigenvalue weighted by Crippen LogP contribution is 2.27. The van der Waals surface area contributed by atoms with E-state index in [1.165, 1.54) is 6.07 Å². The van der Waals surface area contributed by atoms with Crippen LogP contribution in [0.25, 0.3) is 0 Å². The molecule has 0 N–H and O–H groups in total. The maximum absolute atomic E-state index is 13.4. The van der Waals surface area contributed by atoms with Gasteiger partial charge in [0.25, 0.3) is 0 Å². The monoisotopic (exact) mass is 256 g/mol. The van der Waals surface area contributed by atoms with Gasteiger partial charge in [0.05, 0.1) is 0 Å². The first-order chi connectivity index (χ1) is 8.61. The predicted octanol–water partition coefficient (Wildman–Crippen LogP) is 2.48. The maximum Gasteiger partial charge on any atom is 0.169 e. The molecule has 1 saturated carbocycles. The summed E-state index contributed by atoms with van der Waals surface area (Å²) in [5, 5.41) is 0. The average Bonchev–Trinajstić information content (AvgIpc) is 2.32. The summed E-state index contributed by atoms with van der Waals surface area (Å²) in [5.74, 6) is -1.54. The van der Waals surface area contributed by atoms with E-state index in [4.69, 9.17) is 9.47 Å². The molecule has 0 aromatic heterocycles. The number of halogens is 2. The van der Waals surface area contributed by atoms with Gasteiger partial charge < -0.3 is 9.47 Å². The first-order valence-electron chi connectivity index (χ1n) is 5.88. The SMILES string of the molecule is CCCOC1C(=O)CC1Oc1ccc(F)cc1F. The zero-order valence-electron chi connectivity index (χ0n) is 9.99. The summed E-state index contributed by atoms with van der Waals surface area (Å²) in [6.45, 7) is 2.39. The van der Waals surface area contributed by atoms with Gasteiger partial charge in [-0.05, 0) is 18.6 Å². The van der Waals surface area contributed by atoms with Crippen molar-refractivity contribution in [1.29, 1.82) is 0 Å². The van der Waals surface area contributed by atoms with Crippen molar-refractivity contribution in [2.45, 2.75) is 32.0 Å². The van der Waals surface area contributed by atoms with E-state index in [9.17, 15) is 13.6 Å². The summed E-state index contributed by atoms with van der Waals surface area (Å²) < 4.78 is 36.7. The number of rotatable bonds is 5. The highest BCUT2D eigenvalue weighted by atomic mass is 19.1. The number of hydrogen-bond acceptors (Lipinski definition) is 3. The third kappa shape index (κ3) is 2.67. The minimum absolute atomic E-state index is 0.0454. The third-order valence-corrected chi connectivity index (χ3v) is 2.73. The predicted molar refractivity (Wildman–Crippen MR) is 60.4 cm³/mol. The molecule has 2 rings (SSSR count). The van der Waals surface area contributed by atoms with E-state index in [-0.39, 0.29) is 18.0 Å². The summed E-state index contributed by atoms with van der Waals surface area (Å²) in [6.07, 6.45) is -0.120. The molecule has 1 fully saturated rings. The molecule has 2 unspecified atom stereocenters. The lowest BCUT2D eigenvalue weighted by atomic mass is 9.90. The van der Waals surface area contributed by atoms with E-state index in [1.54, 1.807) is 0 Å². The van der Waals surface area contributed by atoms with E-state index in [0.29, 0.717) is 6.61 Å². The van der Waals surface area contributed by atoms with Crippen LogP contribution in [0.1, 0.15) is 19.8 Å². The molecule has 0 radical (unpaired) electrons. The van der Waals surface area contributed by atoms with Crippen molar-refractivity contribution >= 4 is 5.78 Å². The highest BCUT2D eigenvalue weighted by molar-refractivity contribution is 5.90. The fourth-order valence-electron chi connectivity index (χ4n) is 1.75. The normalized spacial score (nSPS) is 22.7. The van der Waals surface area contributed by atoms with E-state index in [1.807, 2.05) is 6.92 Å². The molecule has 0 bridgehead atoms. The number of Topliss-reactive ketones (excluding diaryl/α,β-unsaturated/α-hetero) is 1. The van der Waals surface area contributed by atoms with Crippen LogP contribution in [0.2, 0.25) is 0 Å². The topological polar surface area (TPSA) is 35.5 Å². The molecule has 0 heterocycles. The summed E-state index contributed by atoms with van der Waals surface area (Å²) in [4.78, 5) is 11.3. The lowest BCUT2D eigenvalue weighted by Gasteiger charge is -2.34. The first kappa shape index (κ1) is 13.0. The van der Waals surface area contributed by atoms with Gasteiger partial charge in [-0.2, -0.15) is 0 Å². The Morgan fingerprint density at radius 2 is 2.17 bits per heavy atom. The van der Waals surface area contributed by atoms with Crippen molar-refractivity contribution in [3.63, 3.8) is 0 Å². The quantitative estimate of drug-likeness (QED) is 0.812. The van der Waals surface area contributed by atoms with Crippen LogP contribution < -0.4 is 4.74 Å². The van der Waals surface area contributed by atoms with Crippen molar-refractivity contribution in [3.8, 4) is 5.75 Å². The van der Waals surface area contributed by atoms with Gasteiger partial charge in [0.15, 0.2) is 23.5 Å². The van der Waals surface area contributed by atoms with Crippen molar-refractivity contribution in [1.82, 2.24) is 0 Å². The van der Waals surface area contributed by atoms with Crippen molar-refractivity contribution in [2.75, 3.05) is 6.61 Å². The Morgan fingerprint density at radius 1 is 1.39 bits per heavy atom. The highest BCUT2D eigenvalue weighted by Gasteiger charge is 2.42. The molecule has 18 heavy (non-hydrogen) atoms. The summed E-state index contributed by atoms with van der Waals surface area (Å²) in [7, 11) is 0. The van der Waals surface area contributed by atoms with Gasteiger partial charge in [-0.3, -0.25) is 4.79 Å². The van der Waals surface area contributed by atoms with Crippen LogP contribution in [-0.2, 0) is 9.53 Å². The Hall–Kier alpha value is -1.49. The number of carbonyl (C=O) groups is 1. The molecule has 0 amide bonds. The molecule has 3 nitrogen and oxygen atoms in total. The summed E-state index contributed by atoms with van der Waals surface area (Å²) >= 11 is 0. The van der Waals surface area contributed by atoms with Crippen LogP contribution >= 0.6 is 0 Å². The van der Waals surface area contributed by atoms with Crippen LogP contribution in [0.5, 0.6) is 5.75 Å². The number of carbonyl (C=O) groups excluding carboxylic acids is 1. The zero-order chi connectivity index (χ0) is 13.1. The fraction of sp³-hybridized carbons (Fsp3) is 0.462. The van der Waals surface area contributed by atoms with Crippen LogP contribution in [0.15, 0.2) is 18.2 Å². The second-order valence-corrected chi connectivity index (χ2v) is 4.19. The van der Waals surface area contributed by atoms with Gasteiger partial charge in [-0.1, -0.05) is 6.92 Å². The van der Waals surface area contributed by atoms with Crippen LogP contribution in [0.3, 0.4) is 0 Å². The van der Waals surface area contributed by atoms with Gasteiger partial charge in [-0.15, -0.1) is 0 Å². The molecule has 1 aromatic rings. The standard InChI is InChI=1S/C13H14F2O3/c1-2-5-17-13-10(16)7-12(13)18-11-4-3-8(14)6-9(11)15/h3-4,6,12-13H,2,5,7H2,1H3. The molecular weight excluding hydrogens is 242 g/mol. The molecule has 5 heteroatoms. The molecule has 1 aliphatic carbocycles. The van der Waals surface area contributed by atoms with E-state index in [2.05, 4.69) is 0 Å². The molecule has 1 aromatic carbocycles. The first-order valence-corrected chi connectivity index (χ1v) is 5.88. The van der Waals surface area contributed by atoms with Gasteiger partial charge >= 0.3 is 0 Å². The van der Waals surface area contributed by atoms with E-state index in [0.717, 1.165) is 18.6 Å². The van der Waals surface area contributed by atoms with E-state index < -0.39 is 23.8 Å². The second-order valence-electron chi connectivity index (χ2n) is 4.19. The van der Waals surface area contributed by atoms with Crippen molar-refractivity contribution < 1.29 is 23.0 Å². The Balaban J connectivity index is 1.99. The summed E-state index contributed by atoms with van der Waals surface area (Å²) in [6, 6.07) is 3.07. The number of ketones is 1. The number of hydrogen-bond donors (Lipinski definition) is 0. The number of benzene rings is 1. The fourth-order valence-corrected chi connectivity index (χ4v) is 1.75. The molecule has 0 spiro atoms. The Bertz CT molecular complexity index is 448. The molecule has 1 aliphatic rings. The average molecular weight is 256 g/mol. The minimum atomic E-state index is -0.774. The van der Waals surface area contributed by atoms with Gasteiger partial charge in [-0.25, -0.2) is 8.78 Å². The van der Waals surface area contributed by atoms with Crippen LogP contribution in [0.4, 0.5) is 8.78 Å². The largest absolute Gasteiger partial charge is 0.484 e. The Morgan fingerprint density at radius 3 is 2.78 bits per heavy atom. The minimum Gasteiger partial charge on any atom is -0.484 e. The molecular formula is C13H14F2O3. The molecule has 0 saturated heterocycles. The molecule has 2 atom stereocenters. The van der Waals surface area contributed by atoms with Gasteiger partial charge in [0, 0.05) is 19.1 Å². The number of ether oxygens (including phenoxy) is 2. The maximum atomic E-state index is 13.4. The van der Waals surface area contributed by atoms with Crippen molar-refractivity contribution in [3.05, 3.63) is 29.8 Å². The van der Waals surface area contributed by atoms with E-state index >= 15 is 0 Å². The summed E-state index contributed by atoms with van der Waals surface area (Å²) in [5.41, 5.74) is 0. The van der Waals surface area contributed by atoms with Gasteiger partial charge in [0.2, 0.25) is 0 Å². The third-order valence-electron chi connectivity index (χ3n) is 2.73. The van der Waals surface area contributed by atoms with Crippen LogP contribution in [-0.4, -0.2) is 24.6 Å².